The predicted molar refractivity (Wildman–Crippen MR) is 124 cm³/mol. The smallest absolute Gasteiger partial charge is 0.251 e. The number of anilines is 1. The topological polar surface area (TPSA) is 80.3 Å². The van der Waals surface area contributed by atoms with Gasteiger partial charge in [-0.2, -0.15) is 0 Å². The zero-order chi connectivity index (χ0) is 23.1. The molecule has 2 aromatic carbocycles. The van der Waals surface area contributed by atoms with Crippen molar-refractivity contribution in [3.63, 3.8) is 0 Å². The average Bonchev–Trinajstić information content (AvgIpc) is 3.24. The number of ether oxygens (including phenoxy) is 1. The molecule has 0 fully saturated rings. The molecule has 8 heteroatoms. The van der Waals surface area contributed by atoms with Crippen molar-refractivity contribution in [3.8, 4) is 11.3 Å². The number of aromatic nitrogens is 1. The number of rotatable bonds is 9. The lowest BCUT2D eigenvalue weighted by Crippen LogP contribution is -2.47. The normalized spacial score (nSPS) is 11.9. The molecule has 0 aliphatic heterocycles. The zero-order valence-corrected chi connectivity index (χ0v) is 19.0. The molecule has 6 nitrogen and oxygen atoms in total. The first kappa shape index (κ1) is 23.6. The highest BCUT2D eigenvalue weighted by molar-refractivity contribution is 7.14. The maximum absolute atomic E-state index is 13.1. The number of amides is 2. The van der Waals surface area contributed by atoms with Crippen molar-refractivity contribution in [3.05, 3.63) is 70.9 Å². The molecule has 0 spiro atoms. The molecule has 3 rings (SSSR count). The van der Waals surface area contributed by atoms with Gasteiger partial charge in [0, 0.05) is 23.6 Å². The van der Waals surface area contributed by atoms with Gasteiger partial charge in [-0.25, -0.2) is 9.37 Å². The molecule has 0 radical (unpaired) electrons. The molecule has 0 saturated heterocycles. The molecule has 168 valence electrons. The second kappa shape index (κ2) is 11.0. The highest BCUT2D eigenvalue weighted by Crippen LogP contribution is 2.25. The summed E-state index contributed by atoms with van der Waals surface area (Å²) in [6, 6.07) is 12.5. The van der Waals surface area contributed by atoms with Crippen LogP contribution in [0.15, 0.2) is 53.9 Å². The number of halogens is 1. The van der Waals surface area contributed by atoms with E-state index in [-0.39, 0.29) is 17.4 Å². The third-order valence-corrected chi connectivity index (χ3v) is 5.68. The molecular weight excluding hydrogens is 429 g/mol. The number of hydrogen-bond acceptors (Lipinski definition) is 5. The summed E-state index contributed by atoms with van der Waals surface area (Å²) in [6.45, 7) is 4.35. The number of hydrogen-bond donors (Lipinski definition) is 2. The lowest BCUT2D eigenvalue weighted by atomic mass is 10.0. The molecule has 0 aliphatic carbocycles. The van der Waals surface area contributed by atoms with Crippen molar-refractivity contribution in [2.24, 2.45) is 5.92 Å². The number of nitrogens with one attached hydrogen (secondary N) is 2. The highest BCUT2D eigenvalue weighted by atomic mass is 32.1. The van der Waals surface area contributed by atoms with Crippen LogP contribution >= 0.6 is 11.3 Å². The Balaban J connectivity index is 1.65. The first-order valence-electron chi connectivity index (χ1n) is 10.3. The van der Waals surface area contributed by atoms with Crippen LogP contribution in [-0.4, -0.2) is 36.6 Å². The van der Waals surface area contributed by atoms with E-state index in [2.05, 4.69) is 15.6 Å². The van der Waals surface area contributed by atoms with E-state index in [4.69, 9.17) is 4.74 Å². The van der Waals surface area contributed by atoms with E-state index in [9.17, 15) is 14.0 Å². The Hall–Kier alpha value is -3.10. The average molecular weight is 456 g/mol. The van der Waals surface area contributed by atoms with Crippen molar-refractivity contribution in [2.75, 3.05) is 19.0 Å². The maximum Gasteiger partial charge on any atom is 0.251 e. The van der Waals surface area contributed by atoms with Gasteiger partial charge < -0.3 is 15.4 Å². The van der Waals surface area contributed by atoms with Gasteiger partial charge in [0.1, 0.15) is 11.9 Å². The Morgan fingerprint density at radius 3 is 2.41 bits per heavy atom. The minimum Gasteiger partial charge on any atom is -0.384 e. The van der Waals surface area contributed by atoms with Gasteiger partial charge in [0.25, 0.3) is 5.91 Å². The van der Waals surface area contributed by atoms with Gasteiger partial charge in [0.2, 0.25) is 5.91 Å². The summed E-state index contributed by atoms with van der Waals surface area (Å²) in [5, 5.41) is 7.85. The van der Waals surface area contributed by atoms with Crippen LogP contribution in [0.25, 0.3) is 11.3 Å². The molecule has 0 unspecified atom stereocenters. The molecule has 32 heavy (non-hydrogen) atoms. The summed E-state index contributed by atoms with van der Waals surface area (Å²) in [6.07, 6.45) is 0.843. The number of benzene rings is 2. The van der Waals surface area contributed by atoms with Gasteiger partial charge in [-0.05, 0) is 42.2 Å². The summed E-state index contributed by atoms with van der Waals surface area (Å²) in [7, 11) is 1.68. The van der Waals surface area contributed by atoms with Crippen LogP contribution in [-0.2, 0) is 16.0 Å². The number of carbonyl (C=O) groups is 2. The van der Waals surface area contributed by atoms with Gasteiger partial charge in [0.15, 0.2) is 5.13 Å². The third-order valence-electron chi connectivity index (χ3n) is 4.92. The summed E-state index contributed by atoms with van der Waals surface area (Å²) >= 11 is 1.32. The fourth-order valence-electron chi connectivity index (χ4n) is 3.07. The van der Waals surface area contributed by atoms with Gasteiger partial charge in [-0.1, -0.05) is 38.1 Å². The van der Waals surface area contributed by atoms with E-state index in [0.29, 0.717) is 11.7 Å². The van der Waals surface area contributed by atoms with Crippen LogP contribution in [0.3, 0.4) is 0 Å². The number of nitrogens with zero attached hydrogens (tertiary/aromatic N) is 1. The lowest BCUT2D eigenvalue weighted by molar-refractivity contribution is -0.118. The fraction of sp³-hybridized carbons (Fsp3) is 0.292. The van der Waals surface area contributed by atoms with Crippen molar-refractivity contribution in [1.29, 1.82) is 0 Å². The first-order valence-corrected chi connectivity index (χ1v) is 11.2. The van der Waals surface area contributed by atoms with Crippen LogP contribution < -0.4 is 10.6 Å². The standard InChI is InChI=1S/C24H26FN3O3S/c1-15(2)21(27-22(29)18-8-10-19(25)11-9-18)23(30)28-24-26-20(14-32-24)17-6-4-16(5-7-17)12-13-31-3/h4-11,14-15,21H,12-13H2,1-3H3,(H,27,29)(H,26,28,30)/t21-/m1/s1. The Kier molecular flexibility index (Phi) is 8.08. The second-order valence-corrected chi connectivity index (χ2v) is 8.53. The van der Waals surface area contributed by atoms with Gasteiger partial charge in [-0.3, -0.25) is 9.59 Å². The monoisotopic (exact) mass is 455 g/mol. The van der Waals surface area contributed by atoms with Crippen molar-refractivity contribution < 1.29 is 18.7 Å². The van der Waals surface area contributed by atoms with Crippen molar-refractivity contribution in [2.45, 2.75) is 26.3 Å². The molecule has 1 heterocycles. The van der Waals surface area contributed by atoms with E-state index in [1.54, 1.807) is 7.11 Å². The van der Waals surface area contributed by atoms with Crippen molar-refractivity contribution >= 4 is 28.3 Å². The van der Waals surface area contributed by atoms with Crippen LogP contribution in [0.5, 0.6) is 0 Å². The summed E-state index contributed by atoms with van der Waals surface area (Å²) in [4.78, 5) is 29.8. The molecule has 2 amide bonds. The van der Waals surface area contributed by atoms with Gasteiger partial charge >= 0.3 is 0 Å². The van der Waals surface area contributed by atoms with E-state index in [1.807, 2.05) is 43.5 Å². The Morgan fingerprint density at radius 2 is 1.78 bits per heavy atom. The van der Waals surface area contributed by atoms with E-state index < -0.39 is 17.8 Å². The number of carbonyl (C=O) groups excluding carboxylic acids is 2. The molecule has 1 aromatic heterocycles. The van der Waals surface area contributed by atoms with Crippen LogP contribution in [0, 0.1) is 11.7 Å². The molecule has 0 bridgehead atoms. The predicted octanol–water partition coefficient (Wildman–Crippen LogP) is 4.53. The zero-order valence-electron chi connectivity index (χ0n) is 18.2. The third kappa shape index (κ3) is 6.21. The van der Waals surface area contributed by atoms with Crippen LogP contribution in [0.1, 0.15) is 29.8 Å². The number of methoxy groups -OCH3 is 1. The molecule has 1 atom stereocenters. The number of thiazole rings is 1. The van der Waals surface area contributed by atoms with E-state index >= 15 is 0 Å². The molecule has 0 saturated carbocycles. The van der Waals surface area contributed by atoms with Crippen LogP contribution in [0.2, 0.25) is 0 Å². The Labute approximate surface area is 190 Å². The Morgan fingerprint density at radius 1 is 1.09 bits per heavy atom. The lowest BCUT2D eigenvalue weighted by Gasteiger charge is -2.21. The minimum absolute atomic E-state index is 0.154. The molecule has 3 aromatic rings. The van der Waals surface area contributed by atoms with E-state index in [0.717, 1.165) is 17.7 Å². The van der Waals surface area contributed by atoms with Crippen LogP contribution in [0.4, 0.5) is 9.52 Å². The fourth-order valence-corrected chi connectivity index (χ4v) is 3.79. The molecular formula is C24H26FN3O3S. The molecule has 0 aliphatic rings. The summed E-state index contributed by atoms with van der Waals surface area (Å²) in [5.41, 5.74) is 3.18. The maximum atomic E-state index is 13.1. The summed E-state index contributed by atoms with van der Waals surface area (Å²) < 4.78 is 18.2. The second-order valence-electron chi connectivity index (χ2n) is 7.67. The quantitative estimate of drug-likeness (QED) is 0.497. The first-order chi connectivity index (χ1) is 15.4. The van der Waals surface area contributed by atoms with Gasteiger partial charge in [-0.15, -0.1) is 11.3 Å². The van der Waals surface area contributed by atoms with Crippen molar-refractivity contribution in [1.82, 2.24) is 10.3 Å². The summed E-state index contributed by atoms with van der Waals surface area (Å²) in [5.74, 6) is -1.37. The Bertz CT molecular complexity index is 1050. The largest absolute Gasteiger partial charge is 0.384 e. The SMILES string of the molecule is COCCc1ccc(-c2csc(NC(=O)[C@H](NC(=O)c3ccc(F)cc3)C(C)C)n2)cc1. The molecule has 2 N–H and O–H groups in total. The highest BCUT2D eigenvalue weighted by Gasteiger charge is 2.25. The van der Waals surface area contributed by atoms with E-state index in [1.165, 1.54) is 41.2 Å². The van der Waals surface area contributed by atoms with Gasteiger partial charge in [0.05, 0.1) is 12.3 Å². The minimum atomic E-state index is -0.764.